The standard InChI is InChI=1S/C12H20N2O3/c1-5-14-7-13-6-9(14)11(15)10(8(2)3)12(16)17-4/h6-8,10-11,15H,5H2,1-4H3. The van der Waals surface area contributed by atoms with Gasteiger partial charge in [-0.05, 0) is 12.8 Å². The largest absolute Gasteiger partial charge is 0.469 e. The van der Waals surface area contributed by atoms with E-state index in [2.05, 4.69) is 4.98 Å². The number of nitrogens with zero attached hydrogens (tertiary/aromatic N) is 2. The molecular formula is C12H20N2O3. The molecule has 5 heteroatoms. The van der Waals surface area contributed by atoms with Crippen LogP contribution >= 0.6 is 0 Å². The number of aliphatic hydroxyl groups is 1. The second-order valence-corrected chi connectivity index (χ2v) is 4.34. The molecule has 0 aromatic carbocycles. The Morgan fingerprint density at radius 1 is 1.59 bits per heavy atom. The molecule has 2 atom stereocenters. The molecule has 2 unspecified atom stereocenters. The number of aliphatic hydroxyl groups excluding tert-OH is 1. The highest BCUT2D eigenvalue weighted by Gasteiger charge is 2.33. The molecule has 5 nitrogen and oxygen atoms in total. The van der Waals surface area contributed by atoms with E-state index in [4.69, 9.17) is 4.74 Å². The number of hydrogen-bond donors (Lipinski definition) is 1. The highest BCUT2D eigenvalue weighted by atomic mass is 16.5. The molecule has 17 heavy (non-hydrogen) atoms. The van der Waals surface area contributed by atoms with E-state index in [1.165, 1.54) is 7.11 Å². The zero-order chi connectivity index (χ0) is 13.0. The first-order chi connectivity index (χ1) is 8.02. The molecule has 1 N–H and O–H groups in total. The van der Waals surface area contributed by atoms with Gasteiger partial charge in [-0.15, -0.1) is 0 Å². The third-order valence-electron chi connectivity index (χ3n) is 2.92. The molecule has 0 spiro atoms. The van der Waals surface area contributed by atoms with Gasteiger partial charge in [-0.1, -0.05) is 13.8 Å². The SMILES string of the molecule is CCn1cncc1C(O)C(C(=O)OC)C(C)C. The van der Waals surface area contributed by atoms with Crippen LogP contribution < -0.4 is 0 Å². The van der Waals surface area contributed by atoms with E-state index in [1.807, 2.05) is 25.3 Å². The predicted octanol–water partition coefficient (Wildman–Crippen LogP) is 1.38. The third-order valence-corrected chi connectivity index (χ3v) is 2.92. The van der Waals surface area contributed by atoms with E-state index >= 15 is 0 Å². The first-order valence-corrected chi connectivity index (χ1v) is 5.78. The van der Waals surface area contributed by atoms with Gasteiger partial charge in [-0.3, -0.25) is 4.79 Å². The van der Waals surface area contributed by atoms with Gasteiger partial charge in [0.15, 0.2) is 0 Å². The van der Waals surface area contributed by atoms with Crippen molar-refractivity contribution >= 4 is 5.97 Å². The van der Waals surface area contributed by atoms with Crippen molar-refractivity contribution in [1.29, 1.82) is 0 Å². The molecule has 0 bridgehead atoms. The lowest BCUT2D eigenvalue weighted by Crippen LogP contribution is -2.29. The smallest absolute Gasteiger partial charge is 0.311 e. The number of hydrogen-bond acceptors (Lipinski definition) is 4. The number of aryl methyl sites for hydroxylation is 1. The van der Waals surface area contributed by atoms with Crippen molar-refractivity contribution in [1.82, 2.24) is 9.55 Å². The van der Waals surface area contributed by atoms with Crippen molar-refractivity contribution in [2.75, 3.05) is 7.11 Å². The Labute approximate surface area is 101 Å². The van der Waals surface area contributed by atoms with Gasteiger partial charge in [-0.2, -0.15) is 0 Å². The van der Waals surface area contributed by atoms with Crippen molar-refractivity contribution in [3.05, 3.63) is 18.2 Å². The Bertz CT molecular complexity index is 374. The fourth-order valence-electron chi connectivity index (χ4n) is 1.93. The molecule has 96 valence electrons. The molecule has 0 saturated heterocycles. The van der Waals surface area contributed by atoms with Crippen molar-refractivity contribution in [3.8, 4) is 0 Å². The maximum Gasteiger partial charge on any atom is 0.311 e. The molecule has 0 fully saturated rings. The predicted molar refractivity (Wildman–Crippen MR) is 63.2 cm³/mol. The number of ether oxygens (including phenoxy) is 1. The third kappa shape index (κ3) is 2.85. The normalized spacial score (nSPS) is 14.7. The Morgan fingerprint density at radius 2 is 2.24 bits per heavy atom. The summed E-state index contributed by atoms with van der Waals surface area (Å²) >= 11 is 0. The first kappa shape index (κ1) is 13.7. The molecule has 0 aliphatic carbocycles. The summed E-state index contributed by atoms with van der Waals surface area (Å²) < 4.78 is 6.56. The van der Waals surface area contributed by atoms with E-state index in [9.17, 15) is 9.90 Å². The van der Waals surface area contributed by atoms with Gasteiger partial charge in [0.2, 0.25) is 0 Å². The molecule has 1 rings (SSSR count). The van der Waals surface area contributed by atoms with E-state index in [0.717, 1.165) is 0 Å². The molecule has 0 aliphatic rings. The van der Waals surface area contributed by atoms with Gasteiger partial charge in [-0.25, -0.2) is 4.98 Å². The van der Waals surface area contributed by atoms with Gasteiger partial charge >= 0.3 is 5.97 Å². The second-order valence-electron chi connectivity index (χ2n) is 4.34. The zero-order valence-corrected chi connectivity index (χ0v) is 10.8. The van der Waals surface area contributed by atoms with Crippen molar-refractivity contribution in [2.45, 2.75) is 33.4 Å². The van der Waals surface area contributed by atoms with Gasteiger partial charge in [0.05, 0.1) is 31.2 Å². The van der Waals surface area contributed by atoms with Crippen LogP contribution in [0.1, 0.15) is 32.6 Å². The maximum atomic E-state index is 11.7. The molecular weight excluding hydrogens is 220 g/mol. The summed E-state index contributed by atoms with van der Waals surface area (Å²) in [7, 11) is 1.33. The van der Waals surface area contributed by atoms with Crippen LogP contribution in [0.3, 0.4) is 0 Å². The van der Waals surface area contributed by atoms with Crippen LogP contribution in [0, 0.1) is 11.8 Å². The number of carbonyl (C=O) groups is 1. The average molecular weight is 240 g/mol. The van der Waals surface area contributed by atoms with Crippen molar-refractivity contribution in [2.24, 2.45) is 11.8 Å². The molecule has 1 aromatic heterocycles. The van der Waals surface area contributed by atoms with E-state index in [1.54, 1.807) is 12.5 Å². The van der Waals surface area contributed by atoms with Gasteiger partial charge in [0, 0.05) is 6.54 Å². The Hall–Kier alpha value is -1.36. The summed E-state index contributed by atoms with van der Waals surface area (Å²) in [6.45, 7) is 6.44. The van der Waals surface area contributed by atoms with Crippen LogP contribution in [-0.4, -0.2) is 27.7 Å². The lowest BCUT2D eigenvalue weighted by molar-refractivity contribution is -0.152. The van der Waals surface area contributed by atoms with E-state index in [-0.39, 0.29) is 5.92 Å². The highest BCUT2D eigenvalue weighted by molar-refractivity contribution is 5.73. The highest BCUT2D eigenvalue weighted by Crippen LogP contribution is 2.28. The summed E-state index contributed by atoms with van der Waals surface area (Å²) in [4.78, 5) is 15.7. The van der Waals surface area contributed by atoms with E-state index in [0.29, 0.717) is 12.2 Å². The Balaban J connectivity index is 2.99. The molecule has 1 heterocycles. The summed E-state index contributed by atoms with van der Waals surface area (Å²) in [6.07, 6.45) is 2.35. The molecule has 0 amide bonds. The average Bonchev–Trinajstić information content (AvgIpc) is 2.76. The number of aromatic nitrogens is 2. The Morgan fingerprint density at radius 3 is 2.71 bits per heavy atom. The summed E-state index contributed by atoms with van der Waals surface area (Å²) in [6, 6.07) is 0. The minimum Gasteiger partial charge on any atom is -0.469 e. The number of imidazole rings is 1. The van der Waals surface area contributed by atoms with Crippen LogP contribution in [-0.2, 0) is 16.1 Å². The maximum absolute atomic E-state index is 11.7. The summed E-state index contributed by atoms with van der Waals surface area (Å²) in [5.41, 5.74) is 0.650. The molecule has 0 aliphatic heterocycles. The minimum atomic E-state index is -0.884. The van der Waals surface area contributed by atoms with Crippen LogP contribution in [0.25, 0.3) is 0 Å². The van der Waals surface area contributed by atoms with Gasteiger partial charge < -0.3 is 14.4 Å². The monoisotopic (exact) mass is 240 g/mol. The number of rotatable bonds is 5. The summed E-state index contributed by atoms with van der Waals surface area (Å²) in [5, 5.41) is 10.3. The first-order valence-electron chi connectivity index (χ1n) is 5.78. The number of methoxy groups -OCH3 is 1. The zero-order valence-electron chi connectivity index (χ0n) is 10.8. The van der Waals surface area contributed by atoms with Crippen molar-refractivity contribution < 1.29 is 14.6 Å². The van der Waals surface area contributed by atoms with Crippen LogP contribution in [0.5, 0.6) is 0 Å². The van der Waals surface area contributed by atoms with Crippen LogP contribution in [0.4, 0.5) is 0 Å². The lowest BCUT2D eigenvalue weighted by atomic mass is 9.89. The molecule has 0 radical (unpaired) electrons. The Kier molecular flexibility index (Phi) is 4.69. The van der Waals surface area contributed by atoms with Gasteiger partial charge in [0.25, 0.3) is 0 Å². The van der Waals surface area contributed by atoms with Crippen LogP contribution in [0.2, 0.25) is 0 Å². The van der Waals surface area contributed by atoms with Gasteiger partial charge in [0.1, 0.15) is 6.10 Å². The second kappa shape index (κ2) is 5.82. The molecule has 1 aromatic rings. The minimum absolute atomic E-state index is 0.00217. The topological polar surface area (TPSA) is 64.3 Å². The van der Waals surface area contributed by atoms with Crippen molar-refractivity contribution in [3.63, 3.8) is 0 Å². The summed E-state index contributed by atoms with van der Waals surface area (Å²) in [5.74, 6) is -0.962. The number of carbonyl (C=O) groups excluding carboxylic acids is 1. The fourth-order valence-corrected chi connectivity index (χ4v) is 1.93. The molecule has 0 saturated carbocycles. The quantitative estimate of drug-likeness (QED) is 0.790. The van der Waals surface area contributed by atoms with Crippen LogP contribution in [0.15, 0.2) is 12.5 Å². The fraction of sp³-hybridized carbons (Fsp3) is 0.667. The lowest BCUT2D eigenvalue weighted by Gasteiger charge is -2.24. The number of esters is 1. The van der Waals surface area contributed by atoms with E-state index < -0.39 is 18.0 Å².